The summed E-state index contributed by atoms with van der Waals surface area (Å²) < 4.78 is 0. The third kappa shape index (κ3) is 9.80. The summed E-state index contributed by atoms with van der Waals surface area (Å²) in [5, 5.41) is 14.8. The fraction of sp³-hybridized carbons (Fsp3) is 0. The normalized spacial score (nSPS) is 5.50. The molecule has 0 saturated carbocycles. The van der Waals surface area contributed by atoms with E-state index < -0.39 is 11.9 Å². The predicted octanol–water partition coefficient (Wildman–Crippen LogP) is -1.50. The van der Waals surface area contributed by atoms with Crippen molar-refractivity contribution >= 4 is 41.5 Å². The van der Waals surface area contributed by atoms with Gasteiger partial charge in [-0.25, -0.2) is 9.59 Å². The molecule has 0 radical (unpaired) electrons. The van der Waals surface area contributed by atoms with E-state index in [1.165, 1.54) is 0 Å². The van der Waals surface area contributed by atoms with Gasteiger partial charge in [-0.2, -0.15) is 0 Å². The zero-order valence-electron chi connectivity index (χ0n) is 3.12. The Balaban J connectivity index is -0.000000125. The Labute approximate surface area is 81.8 Å². The van der Waals surface area contributed by atoms with Crippen molar-refractivity contribution in [1.82, 2.24) is 0 Å². The van der Waals surface area contributed by atoms with E-state index in [0.717, 1.165) is 0 Å². The molecule has 4 nitrogen and oxygen atoms in total. The first-order chi connectivity index (χ1) is 2.64. The van der Waals surface area contributed by atoms with Crippen molar-refractivity contribution in [2.45, 2.75) is 0 Å². The van der Waals surface area contributed by atoms with Gasteiger partial charge < -0.3 is 10.2 Å². The molecule has 2 N–H and O–H groups in total. The maximum Gasteiger partial charge on any atom is 0 e. The van der Waals surface area contributed by atoms with E-state index in [9.17, 15) is 0 Å². The fourth-order valence-electron chi connectivity index (χ4n) is 0. The molecule has 8 heavy (non-hydrogen) atoms. The van der Waals surface area contributed by atoms with Crippen LogP contribution in [0.4, 0.5) is 0 Å². The molecule has 0 rings (SSSR count). The summed E-state index contributed by atoms with van der Waals surface area (Å²) in [7, 11) is 0. The van der Waals surface area contributed by atoms with Crippen LogP contribution in [0, 0.1) is 0 Å². The molecule has 0 amide bonds. The van der Waals surface area contributed by atoms with Crippen LogP contribution >= 0.6 is 0 Å². The van der Waals surface area contributed by atoms with Crippen LogP contribution in [0.5, 0.6) is 0 Å². The van der Waals surface area contributed by atoms with Crippen molar-refractivity contribution in [3.05, 3.63) is 0 Å². The molecule has 0 spiro atoms. The molecule has 42 valence electrons. The van der Waals surface area contributed by atoms with E-state index in [2.05, 4.69) is 0 Å². The number of carboxylic acids is 2. The Morgan fingerprint density at radius 1 is 1.00 bits per heavy atom. The number of hydrogen-bond acceptors (Lipinski definition) is 2. The molecule has 6 heteroatoms. The van der Waals surface area contributed by atoms with Crippen LogP contribution in [0.25, 0.3) is 0 Å². The molecular formula is C2H3NaO4W. The van der Waals surface area contributed by atoms with Gasteiger partial charge in [-0.1, -0.05) is 0 Å². The molecule has 0 fully saturated rings. The second-order valence-corrected chi connectivity index (χ2v) is 0.610. The molecule has 0 unspecified atom stereocenters. The van der Waals surface area contributed by atoms with E-state index in [1.54, 1.807) is 0 Å². The van der Waals surface area contributed by atoms with Crippen molar-refractivity contribution in [2.24, 2.45) is 0 Å². The van der Waals surface area contributed by atoms with Gasteiger partial charge in [-0.05, 0) is 0 Å². The largest absolute Gasteiger partial charge is 0 e. The fourth-order valence-corrected chi connectivity index (χ4v) is 0. The van der Waals surface area contributed by atoms with Gasteiger partial charge in [-0.15, -0.1) is 0 Å². The average molecular weight is 298 g/mol. The molecule has 0 aromatic rings. The van der Waals surface area contributed by atoms with Crippen LogP contribution in [0.1, 0.15) is 0 Å². The Hall–Kier alpha value is 0.628. The molecule has 0 aromatic carbocycles. The van der Waals surface area contributed by atoms with Gasteiger partial charge in [0, 0.05) is 21.1 Å². The quantitative estimate of drug-likeness (QED) is 0.422. The second-order valence-electron chi connectivity index (χ2n) is 0.610. The van der Waals surface area contributed by atoms with Gasteiger partial charge in [-0.3, -0.25) is 0 Å². The van der Waals surface area contributed by atoms with Gasteiger partial charge in [0.2, 0.25) is 0 Å². The van der Waals surface area contributed by atoms with Crippen molar-refractivity contribution < 1.29 is 40.9 Å². The van der Waals surface area contributed by atoms with E-state index in [0.29, 0.717) is 0 Å². The molecule has 0 heterocycles. The Kier molecular flexibility index (Phi) is 15.1. The number of hydrogen-bond donors (Lipinski definition) is 2. The summed E-state index contributed by atoms with van der Waals surface area (Å²) in [6.07, 6.45) is 0. The Morgan fingerprint density at radius 3 is 1.12 bits per heavy atom. The monoisotopic (exact) mass is 298 g/mol. The van der Waals surface area contributed by atoms with Gasteiger partial charge in [0.05, 0.1) is 0 Å². The van der Waals surface area contributed by atoms with Crippen LogP contribution in [0.15, 0.2) is 0 Å². The van der Waals surface area contributed by atoms with Crippen LogP contribution in [0.2, 0.25) is 0 Å². The first-order valence-corrected chi connectivity index (χ1v) is 1.11. The summed E-state index contributed by atoms with van der Waals surface area (Å²) in [6.45, 7) is 0. The molecule has 0 aromatic heterocycles. The summed E-state index contributed by atoms with van der Waals surface area (Å²) in [5.41, 5.74) is 0. The maximum absolute atomic E-state index is 9.10. The molecular weight excluding hydrogens is 295 g/mol. The molecule has 0 aliphatic heterocycles. The van der Waals surface area contributed by atoms with E-state index in [1.807, 2.05) is 0 Å². The van der Waals surface area contributed by atoms with E-state index in [4.69, 9.17) is 19.8 Å². The minimum absolute atomic E-state index is 0. The first-order valence-electron chi connectivity index (χ1n) is 1.11. The summed E-state index contributed by atoms with van der Waals surface area (Å²) in [6, 6.07) is 0. The second kappa shape index (κ2) is 7.63. The molecule has 0 aliphatic carbocycles. The Morgan fingerprint density at radius 2 is 1.12 bits per heavy atom. The zero-order valence-corrected chi connectivity index (χ0v) is 6.05. The zero-order chi connectivity index (χ0) is 5.15. The number of rotatable bonds is 0. The summed E-state index contributed by atoms with van der Waals surface area (Å²) in [5.74, 6) is -3.65. The van der Waals surface area contributed by atoms with Crippen LogP contribution in [-0.4, -0.2) is 51.7 Å². The van der Waals surface area contributed by atoms with Crippen molar-refractivity contribution in [3.63, 3.8) is 0 Å². The van der Waals surface area contributed by atoms with Gasteiger partial charge >= 0.3 is 41.5 Å². The van der Waals surface area contributed by atoms with E-state index in [-0.39, 0.29) is 50.6 Å². The number of carbonyl (C=O) groups is 2. The molecule has 0 atom stereocenters. The minimum atomic E-state index is -1.82. The van der Waals surface area contributed by atoms with Crippen molar-refractivity contribution in [2.75, 3.05) is 0 Å². The van der Waals surface area contributed by atoms with Crippen LogP contribution < -0.4 is 0 Å². The number of carboxylic acid groups (broad SMARTS) is 2. The van der Waals surface area contributed by atoms with Crippen molar-refractivity contribution in [1.29, 1.82) is 0 Å². The SMILES string of the molecule is O=C(O)C(=O)O.[NaH].[W]. The van der Waals surface area contributed by atoms with E-state index >= 15 is 0 Å². The van der Waals surface area contributed by atoms with Crippen LogP contribution in [-0.2, 0) is 30.7 Å². The standard InChI is InChI=1S/C2H2O4.Na.W.H/c3-1(4)2(5)6;;;/h(H,3,4)(H,5,6);;;. The van der Waals surface area contributed by atoms with Crippen molar-refractivity contribution in [3.8, 4) is 0 Å². The molecule has 0 saturated heterocycles. The summed E-state index contributed by atoms with van der Waals surface area (Å²) >= 11 is 0. The third-order valence-electron chi connectivity index (χ3n) is 0.183. The predicted molar refractivity (Wildman–Crippen MR) is 22.4 cm³/mol. The minimum Gasteiger partial charge on any atom is 0 e. The van der Waals surface area contributed by atoms with Gasteiger partial charge in [0.15, 0.2) is 0 Å². The molecule has 0 bridgehead atoms. The summed E-state index contributed by atoms with van der Waals surface area (Å²) in [4.78, 5) is 18.2. The smallest absolute Gasteiger partial charge is 0 e. The van der Waals surface area contributed by atoms with Gasteiger partial charge in [0.25, 0.3) is 0 Å². The Bertz CT molecular complexity index is 80.0. The average Bonchev–Trinajstić information content (AvgIpc) is 1.36. The molecule has 0 aliphatic rings. The first kappa shape index (κ1) is 15.8. The maximum atomic E-state index is 9.10. The topological polar surface area (TPSA) is 74.6 Å². The number of aliphatic carboxylic acids is 2. The van der Waals surface area contributed by atoms with Gasteiger partial charge in [0.1, 0.15) is 0 Å². The van der Waals surface area contributed by atoms with Crippen LogP contribution in [0.3, 0.4) is 0 Å². The third-order valence-corrected chi connectivity index (χ3v) is 0.183.